The first-order valence-corrected chi connectivity index (χ1v) is 10.6. The molecule has 0 fully saturated rings. The van der Waals surface area contributed by atoms with Gasteiger partial charge < -0.3 is 4.74 Å². The van der Waals surface area contributed by atoms with Gasteiger partial charge in [0.2, 0.25) is 0 Å². The molecule has 0 heterocycles. The first kappa shape index (κ1) is 19.5. The van der Waals surface area contributed by atoms with Crippen molar-refractivity contribution >= 4 is 12.2 Å². The predicted molar refractivity (Wildman–Crippen MR) is 124 cm³/mol. The molecule has 0 N–H and O–H groups in total. The van der Waals surface area contributed by atoms with E-state index in [1.54, 1.807) is 7.11 Å². The van der Waals surface area contributed by atoms with Crippen LogP contribution >= 0.6 is 0 Å². The SMILES string of the molecule is COc1cc2c(C)c(c1)CCc1cc(/C=C/c3ccc(C)cc3)cc(c1C)CC2. The number of methoxy groups -OCH3 is 1. The van der Waals surface area contributed by atoms with Crippen LogP contribution in [0.4, 0.5) is 0 Å². The fourth-order valence-corrected chi connectivity index (χ4v) is 4.34. The number of ether oxygens (including phenoxy) is 1. The maximum Gasteiger partial charge on any atom is 0.119 e. The lowest BCUT2D eigenvalue weighted by Gasteiger charge is -2.19. The van der Waals surface area contributed by atoms with Gasteiger partial charge in [-0.3, -0.25) is 0 Å². The average Bonchev–Trinajstić information content (AvgIpc) is 2.73. The van der Waals surface area contributed by atoms with Crippen molar-refractivity contribution in [2.45, 2.75) is 46.5 Å². The van der Waals surface area contributed by atoms with Gasteiger partial charge in [0.1, 0.15) is 5.75 Å². The van der Waals surface area contributed by atoms with E-state index in [1.807, 2.05) is 0 Å². The number of rotatable bonds is 3. The summed E-state index contributed by atoms with van der Waals surface area (Å²) in [6.45, 7) is 6.69. The summed E-state index contributed by atoms with van der Waals surface area (Å²) in [7, 11) is 1.77. The molecule has 0 radical (unpaired) electrons. The van der Waals surface area contributed by atoms with Gasteiger partial charge in [0, 0.05) is 0 Å². The second kappa shape index (κ2) is 8.29. The Morgan fingerprint density at radius 1 is 0.621 bits per heavy atom. The number of hydrogen-bond donors (Lipinski definition) is 0. The molecule has 3 aromatic rings. The smallest absolute Gasteiger partial charge is 0.119 e. The quantitative estimate of drug-likeness (QED) is 0.459. The predicted octanol–water partition coefficient (Wildman–Crippen LogP) is 6.67. The Kier molecular flexibility index (Phi) is 5.58. The van der Waals surface area contributed by atoms with Gasteiger partial charge in [0.15, 0.2) is 0 Å². The standard InChI is InChI=1S/C28H30O/c1-19-5-7-22(8-6-19)9-10-23-15-24-11-13-26-17-28(29-4)18-27(21(26)3)14-12-25(16-23)20(24)2/h5-10,15-18H,11-14H2,1-4H3/b10-9+. The van der Waals surface area contributed by atoms with Crippen LogP contribution in [0.15, 0.2) is 48.5 Å². The van der Waals surface area contributed by atoms with E-state index in [2.05, 4.69) is 81.5 Å². The van der Waals surface area contributed by atoms with E-state index >= 15 is 0 Å². The average molecular weight is 383 g/mol. The molecule has 4 bridgehead atoms. The zero-order valence-corrected chi connectivity index (χ0v) is 18.0. The van der Waals surface area contributed by atoms with Crippen LogP contribution in [0.3, 0.4) is 0 Å². The molecule has 0 aromatic heterocycles. The van der Waals surface area contributed by atoms with Crippen LogP contribution in [0.25, 0.3) is 12.2 Å². The number of hydrogen-bond acceptors (Lipinski definition) is 1. The van der Waals surface area contributed by atoms with E-state index < -0.39 is 0 Å². The highest BCUT2D eigenvalue weighted by Gasteiger charge is 2.14. The van der Waals surface area contributed by atoms with E-state index in [0.29, 0.717) is 0 Å². The van der Waals surface area contributed by atoms with Crippen molar-refractivity contribution in [1.29, 1.82) is 0 Å². The lowest BCUT2D eigenvalue weighted by molar-refractivity contribution is 0.413. The van der Waals surface area contributed by atoms with Crippen molar-refractivity contribution in [3.8, 4) is 5.75 Å². The molecular formula is C28H30O. The molecule has 3 aromatic carbocycles. The number of fused-ring (bicyclic) bond motifs is 4. The molecule has 0 aliphatic heterocycles. The maximum absolute atomic E-state index is 5.56. The Balaban J connectivity index is 1.68. The van der Waals surface area contributed by atoms with Crippen molar-refractivity contribution in [2.24, 2.45) is 0 Å². The molecular weight excluding hydrogens is 352 g/mol. The van der Waals surface area contributed by atoms with Crippen molar-refractivity contribution in [1.82, 2.24) is 0 Å². The Morgan fingerprint density at radius 3 is 1.55 bits per heavy atom. The van der Waals surface area contributed by atoms with Crippen molar-refractivity contribution in [3.05, 3.63) is 98.6 Å². The summed E-state index contributed by atoms with van der Waals surface area (Å²) in [6, 6.07) is 17.9. The highest BCUT2D eigenvalue weighted by Crippen LogP contribution is 2.29. The van der Waals surface area contributed by atoms with Crippen molar-refractivity contribution < 1.29 is 4.74 Å². The zero-order chi connectivity index (χ0) is 20.4. The molecule has 1 heteroatoms. The third-order valence-electron chi connectivity index (χ3n) is 6.35. The number of benzene rings is 3. The molecule has 148 valence electrons. The Labute approximate surface area is 175 Å². The highest BCUT2D eigenvalue weighted by molar-refractivity contribution is 5.70. The lowest BCUT2D eigenvalue weighted by Crippen LogP contribution is -2.07. The number of aryl methyl sites for hydroxylation is 5. The molecule has 29 heavy (non-hydrogen) atoms. The molecule has 4 rings (SSSR count). The van der Waals surface area contributed by atoms with Crippen molar-refractivity contribution in [3.63, 3.8) is 0 Å². The van der Waals surface area contributed by atoms with Gasteiger partial charge in [-0.2, -0.15) is 0 Å². The third kappa shape index (κ3) is 4.29. The van der Waals surface area contributed by atoms with E-state index in [0.717, 1.165) is 31.4 Å². The molecule has 0 spiro atoms. The van der Waals surface area contributed by atoms with Crippen LogP contribution in [-0.2, 0) is 25.7 Å². The summed E-state index contributed by atoms with van der Waals surface area (Å²) < 4.78 is 5.56. The van der Waals surface area contributed by atoms with E-state index in [9.17, 15) is 0 Å². The van der Waals surface area contributed by atoms with Crippen LogP contribution < -0.4 is 4.74 Å². The van der Waals surface area contributed by atoms with Gasteiger partial charge in [-0.1, -0.05) is 54.1 Å². The summed E-state index contributed by atoms with van der Waals surface area (Å²) in [5.74, 6) is 0.989. The normalized spacial score (nSPS) is 13.5. The summed E-state index contributed by atoms with van der Waals surface area (Å²) in [5, 5.41) is 0. The van der Waals surface area contributed by atoms with E-state index in [4.69, 9.17) is 4.74 Å². The highest BCUT2D eigenvalue weighted by atomic mass is 16.5. The van der Waals surface area contributed by atoms with Gasteiger partial charge in [0.05, 0.1) is 7.11 Å². The minimum absolute atomic E-state index is 0.989. The summed E-state index contributed by atoms with van der Waals surface area (Å²) >= 11 is 0. The van der Waals surface area contributed by atoms with Crippen LogP contribution in [0.5, 0.6) is 5.75 Å². The summed E-state index contributed by atoms with van der Waals surface area (Å²) in [6.07, 6.45) is 8.73. The van der Waals surface area contributed by atoms with Crippen LogP contribution in [0.1, 0.15) is 50.1 Å². The van der Waals surface area contributed by atoms with Gasteiger partial charge in [-0.25, -0.2) is 0 Å². The minimum Gasteiger partial charge on any atom is -0.497 e. The second-order valence-corrected chi connectivity index (χ2v) is 8.28. The van der Waals surface area contributed by atoms with Gasteiger partial charge in [-0.15, -0.1) is 0 Å². The fraction of sp³-hybridized carbons (Fsp3) is 0.286. The fourth-order valence-electron chi connectivity index (χ4n) is 4.34. The topological polar surface area (TPSA) is 9.23 Å². The first-order valence-electron chi connectivity index (χ1n) is 10.6. The zero-order valence-electron chi connectivity index (χ0n) is 18.0. The van der Waals surface area contributed by atoms with Crippen LogP contribution in [0.2, 0.25) is 0 Å². The Bertz CT molecular complexity index is 1000. The molecule has 0 saturated carbocycles. The molecule has 1 aliphatic carbocycles. The maximum atomic E-state index is 5.56. The Morgan fingerprint density at radius 2 is 1.07 bits per heavy atom. The monoisotopic (exact) mass is 382 g/mol. The molecule has 0 unspecified atom stereocenters. The Hall–Kier alpha value is -2.80. The van der Waals surface area contributed by atoms with Crippen molar-refractivity contribution in [2.75, 3.05) is 7.11 Å². The minimum atomic E-state index is 0.989. The molecule has 0 saturated heterocycles. The van der Waals surface area contributed by atoms with E-state index in [-0.39, 0.29) is 0 Å². The van der Waals surface area contributed by atoms with E-state index in [1.165, 1.54) is 50.1 Å². The largest absolute Gasteiger partial charge is 0.497 e. The molecule has 1 nitrogen and oxygen atoms in total. The van der Waals surface area contributed by atoms with Crippen LogP contribution in [-0.4, -0.2) is 7.11 Å². The molecule has 1 aliphatic rings. The van der Waals surface area contributed by atoms with Gasteiger partial charge in [-0.05, 0) is 103 Å². The summed E-state index contributed by atoms with van der Waals surface area (Å²) in [4.78, 5) is 0. The lowest BCUT2D eigenvalue weighted by atomic mass is 9.87. The third-order valence-corrected chi connectivity index (χ3v) is 6.35. The second-order valence-electron chi connectivity index (χ2n) is 8.28. The van der Waals surface area contributed by atoms with Gasteiger partial charge in [0.25, 0.3) is 0 Å². The van der Waals surface area contributed by atoms with Gasteiger partial charge >= 0.3 is 0 Å². The molecule has 0 atom stereocenters. The van der Waals surface area contributed by atoms with Crippen LogP contribution in [0, 0.1) is 20.8 Å². The summed E-state index contributed by atoms with van der Waals surface area (Å²) in [5.41, 5.74) is 12.5. The first-order chi connectivity index (χ1) is 14.0. The molecule has 0 amide bonds.